The summed E-state index contributed by atoms with van der Waals surface area (Å²) in [5.74, 6) is -3.54. The lowest BCUT2D eigenvalue weighted by Crippen LogP contribution is -2.34. The molecule has 2 rings (SSSR count). The fraction of sp³-hybridized carbons (Fsp3) is 0.533. The molecule has 0 bridgehead atoms. The third kappa shape index (κ3) is 3.97. The van der Waals surface area contributed by atoms with E-state index < -0.39 is 24.0 Å². The number of rotatable bonds is 4. The maximum atomic E-state index is 13.1. The molecule has 1 aliphatic rings. The molecule has 1 aromatic carbocycles. The fourth-order valence-electron chi connectivity index (χ4n) is 2.68. The first-order valence-electron chi connectivity index (χ1n) is 6.91. The Labute approximate surface area is 121 Å². The first-order valence-corrected chi connectivity index (χ1v) is 6.91. The zero-order valence-electron chi connectivity index (χ0n) is 11.8. The summed E-state index contributed by atoms with van der Waals surface area (Å²) in [7, 11) is 0. The topological polar surface area (TPSA) is 29.5 Å². The first kappa shape index (κ1) is 15.8. The van der Waals surface area contributed by atoms with E-state index in [1.807, 2.05) is 30.3 Å². The van der Waals surface area contributed by atoms with Crippen LogP contribution in [0, 0.1) is 11.8 Å². The van der Waals surface area contributed by atoms with Crippen LogP contribution in [0.5, 0.6) is 0 Å². The second-order valence-corrected chi connectivity index (χ2v) is 5.19. The normalized spacial score (nSPS) is 23.2. The summed E-state index contributed by atoms with van der Waals surface area (Å²) in [4.78, 5) is 13.4. The molecule has 2 atom stereocenters. The molecule has 21 heavy (non-hydrogen) atoms. The molecule has 0 aliphatic carbocycles. The molecule has 1 aliphatic heterocycles. The third-order valence-electron chi connectivity index (χ3n) is 3.65. The molecule has 0 radical (unpaired) electrons. The van der Waals surface area contributed by atoms with Crippen LogP contribution in [0.1, 0.15) is 12.5 Å². The minimum absolute atomic E-state index is 0.0813. The molecule has 0 saturated carbocycles. The molecule has 116 valence electrons. The zero-order chi connectivity index (χ0) is 15.5. The molecule has 3 nitrogen and oxygen atoms in total. The predicted molar refractivity (Wildman–Crippen MR) is 71.4 cm³/mol. The van der Waals surface area contributed by atoms with E-state index >= 15 is 0 Å². The Hall–Kier alpha value is -1.56. The van der Waals surface area contributed by atoms with Gasteiger partial charge in [0.15, 0.2) is 0 Å². The average Bonchev–Trinajstić information content (AvgIpc) is 2.84. The van der Waals surface area contributed by atoms with Crippen molar-refractivity contribution in [3.8, 4) is 0 Å². The van der Waals surface area contributed by atoms with Gasteiger partial charge in [-0.3, -0.25) is 9.69 Å². The van der Waals surface area contributed by atoms with Crippen molar-refractivity contribution in [2.24, 2.45) is 11.8 Å². The Kier molecular flexibility index (Phi) is 4.88. The highest BCUT2D eigenvalue weighted by molar-refractivity contribution is 5.73. The Morgan fingerprint density at radius 1 is 1.29 bits per heavy atom. The van der Waals surface area contributed by atoms with E-state index in [9.17, 15) is 18.0 Å². The third-order valence-corrected chi connectivity index (χ3v) is 3.65. The van der Waals surface area contributed by atoms with E-state index in [-0.39, 0.29) is 19.7 Å². The molecule has 0 aromatic heterocycles. The van der Waals surface area contributed by atoms with E-state index in [0.29, 0.717) is 6.54 Å². The summed E-state index contributed by atoms with van der Waals surface area (Å²) in [5.41, 5.74) is 0.933. The van der Waals surface area contributed by atoms with E-state index in [1.54, 1.807) is 11.8 Å². The van der Waals surface area contributed by atoms with Crippen LogP contribution in [-0.2, 0) is 16.1 Å². The van der Waals surface area contributed by atoms with Crippen LogP contribution >= 0.6 is 0 Å². The molecule has 1 fully saturated rings. The average molecular weight is 301 g/mol. The number of alkyl halides is 3. The van der Waals surface area contributed by atoms with E-state index in [1.165, 1.54) is 0 Å². The molecule has 1 aromatic rings. The molecule has 1 saturated heterocycles. The van der Waals surface area contributed by atoms with Crippen LogP contribution in [0.4, 0.5) is 13.2 Å². The highest BCUT2D eigenvalue weighted by atomic mass is 19.4. The van der Waals surface area contributed by atoms with E-state index in [4.69, 9.17) is 4.74 Å². The summed E-state index contributed by atoms with van der Waals surface area (Å²) in [6.07, 6.45) is -4.39. The summed E-state index contributed by atoms with van der Waals surface area (Å²) < 4.78 is 44.1. The SMILES string of the molecule is CCOC(=O)[C@H]1CN(Cc2ccccc2)C[C@@H]1C(F)(F)F. The van der Waals surface area contributed by atoms with Crippen molar-refractivity contribution < 1.29 is 22.7 Å². The van der Waals surface area contributed by atoms with Crippen LogP contribution in [0.3, 0.4) is 0 Å². The highest BCUT2D eigenvalue weighted by Crippen LogP contribution is 2.38. The predicted octanol–water partition coefficient (Wildman–Crippen LogP) is 2.86. The van der Waals surface area contributed by atoms with Gasteiger partial charge in [-0.05, 0) is 12.5 Å². The zero-order valence-corrected chi connectivity index (χ0v) is 11.8. The first-order chi connectivity index (χ1) is 9.91. The van der Waals surface area contributed by atoms with Crippen molar-refractivity contribution in [2.75, 3.05) is 19.7 Å². The summed E-state index contributed by atoms with van der Waals surface area (Å²) >= 11 is 0. The Bertz CT molecular complexity index is 476. The maximum Gasteiger partial charge on any atom is 0.393 e. The fourth-order valence-corrected chi connectivity index (χ4v) is 2.68. The van der Waals surface area contributed by atoms with Crippen molar-refractivity contribution in [1.82, 2.24) is 4.90 Å². The van der Waals surface area contributed by atoms with Gasteiger partial charge in [-0.1, -0.05) is 30.3 Å². The molecule has 0 unspecified atom stereocenters. The van der Waals surface area contributed by atoms with Gasteiger partial charge in [0.25, 0.3) is 0 Å². The van der Waals surface area contributed by atoms with Crippen molar-refractivity contribution in [1.29, 1.82) is 0 Å². The number of halogens is 3. The number of carbonyl (C=O) groups excluding carboxylic acids is 1. The van der Waals surface area contributed by atoms with Gasteiger partial charge in [-0.2, -0.15) is 13.2 Å². The molecule has 1 heterocycles. The highest BCUT2D eigenvalue weighted by Gasteiger charge is 2.52. The molecular weight excluding hydrogens is 283 g/mol. The molecule has 0 amide bonds. The Balaban J connectivity index is 2.08. The molecule has 0 spiro atoms. The summed E-state index contributed by atoms with van der Waals surface area (Å²) in [6.45, 7) is 2.01. The molecule has 6 heteroatoms. The lowest BCUT2D eigenvalue weighted by atomic mass is 9.96. The number of benzene rings is 1. The summed E-state index contributed by atoms with van der Waals surface area (Å²) in [6, 6.07) is 9.26. The van der Waals surface area contributed by atoms with Gasteiger partial charge >= 0.3 is 12.1 Å². The van der Waals surface area contributed by atoms with Crippen molar-refractivity contribution in [3.05, 3.63) is 35.9 Å². The largest absolute Gasteiger partial charge is 0.466 e. The number of carbonyl (C=O) groups is 1. The van der Waals surface area contributed by atoms with Gasteiger partial charge in [-0.25, -0.2) is 0 Å². The van der Waals surface area contributed by atoms with Gasteiger partial charge in [0.05, 0.1) is 18.4 Å². The number of likely N-dealkylation sites (tertiary alicyclic amines) is 1. The van der Waals surface area contributed by atoms with Crippen LogP contribution in [-0.4, -0.2) is 36.7 Å². The number of esters is 1. The van der Waals surface area contributed by atoms with Crippen molar-refractivity contribution in [2.45, 2.75) is 19.6 Å². The quantitative estimate of drug-likeness (QED) is 0.801. The number of ether oxygens (including phenoxy) is 1. The van der Waals surface area contributed by atoms with E-state index in [2.05, 4.69) is 0 Å². The molecule has 0 N–H and O–H groups in total. The van der Waals surface area contributed by atoms with E-state index in [0.717, 1.165) is 5.56 Å². The van der Waals surface area contributed by atoms with Crippen LogP contribution in [0.25, 0.3) is 0 Å². The second kappa shape index (κ2) is 6.47. The number of hydrogen-bond acceptors (Lipinski definition) is 3. The lowest BCUT2D eigenvalue weighted by Gasteiger charge is -2.19. The number of nitrogens with zero attached hydrogens (tertiary/aromatic N) is 1. The Morgan fingerprint density at radius 3 is 2.52 bits per heavy atom. The minimum Gasteiger partial charge on any atom is -0.466 e. The minimum atomic E-state index is -4.39. The standard InChI is InChI=1S/C15H18F3NO2/c1-2-21-14(20)12-9-19(10-13(12)15(16,17)18)8-11-6-4-3-5-7-11/h3-7,12-13H,2,8-10H2,1H3/t12-,13-/m0/s1. The van der Waals surface area contributed by atoms with Crippen LogP contribution in [0.2, 0.25) is 0 Å². The van der Waals surface area contributed by atoms with Gasteiger partial charge in [0.2, 0.25) is 0 Å². The number of hydrogen-bond donors (Lipinski definition) is 0. The van der Waals surface area contributed by atoms with Gasteiger partial charge in [0, 0.05) is 19.6 Å². The monoisotopic (exact) mass is 301 g/mol. The lowest BCUT2D eigenvalue weighted by molar-refractivity contribution is -0.190. The smallest absolute Gasteiger partial charge is 0.393 e. The van der Waals surface area contributed by atoms with Crippen molar-refractivity contribution in [3.63, 3.8) is 0 Å². The van der Waals surface area contributed by atoms with Crippen molar-refractivity contribution >= 4 is 5.97 Å². The Morgan fingerprint density at radius 2 is 1.95 bits per heavy atom. The van der Waals surface area contributed by atoms with Gasteiger partial charge < -0.3 is 4.74 Å². The second-order valence-electron chi connectivity index (χ2n) is 5.19. The van der Waals surface area contributed by atoms with Crippen LogP contribution in [0.15, 0.2) is 30.3 Å². The summed E-state index contributed by atoms with van der Waals surface area (Å²) in [5, 5.41) is 0. The van der Waals surface area contributed by atoms with Gasteiger partial charge in [-0.15, -0.1) is 0 Å². The van der Waals surface area contributed by atoms with Crippen LogP contribution < -0.4 is 0 Å². The van der Waals surface area contributed by atoms with Gasteiger partial charge in [0.1, 0.15) is 0 Å². The molecular formula is C15H18F3NO2. The maximum absolute atomic E-state index is 13.1.